The molecule has 7 heteroatoms. The zero-order chi connectivity index (χ0) is 5.86. The molecule has 7 heavy (non-hydrogen) atoms. The summed E-state index contributed by atoms with van der Waals surface area (Å²) in [7, 11) is -3.63. The predicted molar refractivity (Wildman–Crippen MR) is 23.4 cm³/mol. The van der Waals surface area contributed by atoms with E-state index in [1.54, 1.807) is 0 Å². The van der Waals surface area contributed by atoms with Crippen LogP contribution in [0, 0.1) is 0 Å². The molecule has 0 aromatic rings. The van der Waals surface area contributed by atoms with E-state index in [0.717, 1.165) is 0 Å². The van der Waals surface area contributed by atoms with E-state index in [1.165, 1.54) is 0 Å². The molecule has 0 aliphatic carbocycles. The van der Waals surface area contributed by atoms with Gasteiger partial charge in [0, 0.05) is 0 Å². The Kier molecular flexibility index (Phi) is 2.97. The first-order valence-corrected chi connectivity index (χ1v) is 1.58. The smallest absolute Gasteiger partial charge is 0.414 e. The van der Waals surface area contributed by atoms with E-state index in [9.17, 15) is 0 Å². The lowest BCUT2D eigenvalue weighted by Crippen LogP contribution is -2.36. The minimum atomic E-state index is -2.00. The lowest BCUT2D eigenvalue weighted by atomic mass is 10.1. The molecule has 0 heterocycles. The fraction of sp³-hybridized carbons (Fsp3) is 0. The molecule has 0 aliphatic heterocycles. The molecule has 5 nitrogen and oxygen atoms in total. The van der Waals surface area contributed by atoms with Crippen LogP contribution in [-0.4, -0.2) is 29.6 Å². The van der Waals surface area contributed by atoms with Crippen LogP contribution in [0.3, 0.4) is 0 Å². The first kappa shape index (κ1) is 6.93. The average Bonchev–Trinajstić information content (AvgIpc) is 1.27. The molecule has 5 N–H and O–H groups in total. The highest BCUT2D eigenvalue weighted by Gasteiger charge is 2.15. The second-order valence-corrected chi connectivity index (χ2v) is 0.853. The van der Waals surface area contributed by atoms with Gasteiger partial charge in [0.05, 0.1) is 0 Å². The highest BCUT2D eigenvalue weighted by atomic mass is 16.6. The van der Waals surface area contributed by atoms with Gasteiger partial charge < -0.3 is 25.3 Å². The van der Waals surface area contributed by atoms with Crippen molar-refractivity contribution in [2.24, 2.45) is 5.64 Å². The maximum absolute atomic E-state index is 7.96. The molecule has 0 saturated heterocycles. The lowest BCUT2D eigenvalue weighted by Gasteiger charge is -1.97. The van der Waals surface area contributed by atoms with Gasteiger partial charge in [0.1, 0.15) is 0 Å². The minimum Gasteiger partial charge on any atom is -0.414 e. The Morgan fingerprint density at radius 3 is 1.71 bits per heavy atom. The summed E-state index contributed by atoms with van der Waals surface area (Å²) in [6, 6.07) is 0. The van der Waals surface area contributed by atoms with Gasteiger partial charge in [-0.1, -0.05) is 0 Å². The minimum absolute atomic E-state index is 1.62. The highest BCUT2D eigenvalue weighted by Crippen LogP contribution is 1.70. The molecular weight excluding hydrogens is 99.6 g/mol. The fourth-order valence-corrected chi connectivity index (χ4v) is 0.125. The third kappa shape index (κ3) is 5.93. The van der Waals surface area contributed by atoms with Crippen molar-refractivity contribution >= 4 is 14.6 Å². The molecule has 0 atom stereocenters. The van der Waals surface area contributed by atoms with Crippen LogP contribution in [0.1, 0.15) is 0 Å². The van der Waals surface area contributed by atoms with Gasteiger partial charge in [-0.15, -0.1) is 0 Å². The predicted octanol–water partition coefficient (Wildman–Crippen LogP) is -3.09. The van der Waals surface area contributed by atoms with Crippen LogP contribution in [0.5, 0.6) is 0 Å². The van der Waals surface area contributed by atoms with Crippen LogP contribution in [-0.2, 0) is 4.57 Å². The Bertz CT molecular complexity index is 39.0. The molecule has 0 aromatic heterocycles. The fourth-order valence-electron chi connectivity index (χ4n) is 0.125. The van der Waals surface area contributed by atoms with Crippen LogP contribution in [0.25, 0.3) is 0 Å². The average molecular weight is 105 g/mol. The van der Waals surface area contributed by atoms with Gasteiger partial charge in [0.25, 0.3) is 0 Å². The van der Waals surface area contributed by atoms with E-state index in [-0.39, 0.29) is 0 Å². The molecule has 40 valence electrons. The molecule has 0 aromatic carbocycles. The van der Waals surface area contributed by atoms with E-state index < -0.39 is 14.6 Å². The van der Waals surface area contributed by atoms with E-state index in [0.29, 0.717) is 0 Å². The van der Waals surface area contributed by atoms with Crippen LogP contribution in [0.4, 0.5) is 0 Å². The SMILES string of the molecule is NB(O)OB(O)O. The normalized spacial score (nSPS) is 8.57. The van der Waals surface area contributed by atoms with Crippen LogP contribution in [0.15, 0.2) is 0 Å². The zero-order valence-corrected chi connectivity index (χ0v) is 3.48. The van der Waals surface area contributed by atoms with Crippen molar-refractivity contribution in [1.29, 1.82) is 0 Å². The van der Waals surface area contributed by atoms with Gasteiger partial charge in [0.2, 0.25) is 0 Å². The van der Waals surface area contributed by atoms with Crippen LogP contribution in [0.2, 0.25) is 0 Å². The third-order valence-corrected chi connectivity index (χ3v) is 0.261. The summed E-state index contributed by atoms with van der Waals surface area (Å²) in [5.74, 6) is 0. The van der Waals surface area contributed by atoms with Gasteiger partial charge >= 0.3 is 14.6 Å². The van der Waals surface area contributed by atoms with Crippen molar-refractivity contribution < 1.29 is 19.6 Å². The summed E-state index contributed by atoms with van der Waals surface area (Å²) < 4.78 is 3.69. The molecular formula is H5B2NO4. The standard InChI is InChI=1S/B2H5NO4/c3-1(4)7-2(5)6/h4-6H,3H2. The quantitative estimate of drug-likeness (QED) is 0.279. The van der Waals surface area contributed by atoms with Crippen molar-refractivity contribution in [3.63, 3.8) is 0 Å². The first-order chi connectivity index (χ1) is 3.13. The van der Waals surface area contributed by atoms with Crippen molar-refractivity contribution in [2.75, 3.05) is 0 Å². The van der Waals surface area contributed by atoms with E-state index in [2.05, 4.69) is 10.2 Å². The topological polar surface area (TPSA) is 95.9 Å². The van der Waals surface area contributed by atoms with Crippen molar-refractivity contribution in [3.8, 4) is 0 Å². The molecule has 0 bridgehead atoms. The first-order valence-electron chi connectivity index (χ1n) is 1.58. The third-order valence-electron chi connectivity index (χ3n) is 0.261. The Hall–Kier alpha value is -0.0701. The lowest BCUT2D eigenvalue weighted by molar-refractivity contribution is 0.263. The Morgan fingerprint density at radius 2 is 1.71 bits per heavy atom. The van der Waals surface area contributed by atoms with Gasteiger partial charge in [-0.05, 0) is 0 Å². The maximum Gasteiger partial charge on any atom is 0.621 e. The Morgan fingerprint density at radius 1 is 1.29 bits per heavy atom. The van der Waals surface area contributed by atoms with Gasteiger partial charge in [-0.2, -0.15) is 0 Å². The van der Waals surface area contributed by atoms with Crippen molar-refractivity contribution in [1.82, 2.24) is 0 Å². The zero-order valence-electron chi connectivity index (χ0n) is 3.48. The molecule has 0 radical (unpaired) electrons. The molecule has 0 amide bonds. The summed E-state index contributed by atoms with van der Waals surface area (Å²) >= 11 is 0. The summed E-state index contributed by atoms with van der Waals surface area (Å²) in [4.78, 5) is 0. The number of nitrogens with two attached hydrogens (primary N) is 1. The summed E-state index contributed by atoms with van der Waals surface area (Å²) in [5, 5.41) is 23.6. The maximum atomic E-state index is 7.96. The van der Waals surface area contributed by atoms with Gasteiger partial charge in [-0.25, -0.2) is 0 Å². The number of hydrogen-bond donors (Lipinski definition) is 4. The summed E-state index contributed by atoms with van der Waals surface area (Å²) in [6.07, 6.45) is 0. The van der Waals surface area contributed by atoms with Crippen molar-refractivity contribution in [2.45, 2.75) is 0 Å². The molecule has 0 unspecified atom stereocenters. The number of rotatable bonds is 2. The second kappa shape index (κ2) is 3.00. The van der Waals surface area contributed by atoms with E-state index in [1.807, 2.05) is 0 Å². The summed E-state index contributed by atoms with van der Waals surface area (Å²) in [5.41, 5.74) is 4.51. The van der Waals surface area contributed by atoms with Gasteiger partial charge in [0.15, 0.2) is 0 Å². The van der Waals surface area contributed by atoms with E-state index in [4.69, 9.17) is 15.1 Å². The van der Waals surface area contributed by atoms with E-state index >= 15 is 0 Å². The monoisotopic (exact) mass is 105 g/mol. The Labute approximate surface area is 41.1 Å². The Balaban J connectivity index is 2.95. The van der Waals surface area contributed by atoms with Gasteiger partial charge in [-0.3, -0.25) is 0 Å². The largest absolute Gasteiger partial charge is 0.621 e. The summed E-state index contributed by atoms with van der Waals surface area (Å²) in [6.45, 7) is 0. The molecule has 0 spiro atoms. The van der Waals surface area contributed by atoms with Crippen LogP contribution >= 0.6 is 0 Å². The number of hydrogen-bond acceptors (Lipinski definition) is 5. The highest BCUT2D eigenvalue weighted by molar-refractivity contribution is 6.51. The van der Waals surface area contributed by atoms with Crippen LogP contribution < -0.4 is 5.64 Å². The second-order valence-electron chi connectivity index (χ2n) is 0.853. The van der Waals surface area contributed by atoms with Crippen molar-refractivity contribution in [3.05, 3.63) is 0 Å². The molecule has 0 fully saturated rings. The molecule has 0 aliphatic rings. The molecule has 0 saturated carbocycles. The molecule has 0 rings (SSSR count).